The lowest BCUT2D eigenvalue weighted by molar-refractivity contribution is -0.385. The van der Waals surface area contributed by atoms with Crippen molar-refractivity contribution in [3.8, 4) is 11.5 Å². The molecule has 2 aromatic rings. The van der Waals surface area contributed by atoms with E-state index in [1.54, 1.807) is 0 Å². The van der Waals surface area contributed by atoms with E-state index < -0.39 is 45.9 Å². The average Bonchev–Trinajstić information content (AvgIpc) is 2.76. The Labute approximate surface area is 182 Å². The Morgan fingerprint density at radius 2 is 1.36 bits per heavy atom. The quantitative estimate of drug-likeness (QED) is 0.370. The normalized spacial score (nSPS) is 10.3. The van der Waals surface area contributed by atoms with Crippen molar-refractivity contribution in [1.82, 2.24) is 0 Å². The highest BCUT2D eigenvalue weighted by atomic mass is 19.4. The number of rotatable bonds is 6. The Kier molecular flexibility index (Phi) is 9.08. The van der Waals surface area contributed by atoms with Crippen LogP contribution >= 0.6 is 0 Å². The van der Waals surface area contributed by atoms with Gasteiger partial charge in [-0.05, 0) is 24.3 Å². The van der Waals surface area contributed by atoms with E-state index >= 15 is 0 Å². The summed E-state index contributed by atoms with van der Waals surface area (Å²) in [6.45, 7) is -1.58. The minimum Gasteiger partial charge on any atom is -0.508 e. The largest absolute Gasteiger partial charge is 0.508 e. The fourth-order valence-corrected chi connectivity index (χ4v) is 2.15. The molecule has 12 nitrogen and oxygen atoms in total. The first kappa shape index (κ1) is 26.6. The molecule has 0 amide bonds. The van der Waals surface area contributed by atoms with Crippen LogP contribution in [0.15, 0.2) is 36.4 Å². The van der Waals surface area contributed by atoms with Gasteiger partial charge in [-0.3, -0.25) is 20.2 Å². The molecule has 15 heteroatoms. The van der Waals surface area contributed by atoms with Crippen LogP contribution in [0.25, 0.3) is 0 Å². The van der Waals surface area contributed by atoms with Crippen molar-refractivity contribution in [3.63, 3.8) is 0 Å². The summed E-state index contributed by atoms with van der Waals surface area (Å²) >= 11 is 0. The second-order valence-electron chi connectivity index (χ2n) is 5.78. The van der Waals surface area contributed by atoms with Crippen LogP contribution in [0.1, 0.15) is 20.7 Å². The molecular formula is C18H15F3N2O10. The van der Waals surface area contributed by atoms with Gasteiger partial charge in [0, 0.05) is 0 Å². The summed E-state index contributed by atoms with van der Waals surface area (Å²) in [5.74, 6) is -2.41. The molecule has 2 rings (SSSR count). The zero-order valence-electron chi connectivity index (χ0n) is 16.8. The molecule has 0 atom stereocenters. The Morgan fingerprint density at radius 3 is 1.79 bits per heavy atom. The van der Waals surface area contributed by atoms with Crippen LogP contribution < -0.4 is 4.74 Å². The number of benzene rings is 2. The van der Waals surface area contributed by atoms with Crippen LogP contribution in [0.3, 0.4) is 0 Å². The number of methoxy groups -OCH3 is 2. The number of hydrogen-bond donors (Lipinski definition) is 1. The molecule has 1 N–H and O–H groups in total. The van der Waals surface area contributed by atoms with Crippen molar-refractivity contribution in [2.24, 2.45) is 0 Å². The molecule has 178 valence electrons. The van der Waals surface area contributed by atoms with Gasteiger partial charge in [0.25, 0.3) is 11.4 Å². The minimum atomic E-state index is -4.56. The van der Waals surface area contributed by atoms with Gasteiger partial charge in [-0.2, -0.15) is 13.2 Å². The molecule has 0 aliphatic carbocycles. The maximum atomic E-state index is 11.9. The third kappa shape index (κ3) is 7.97. The standard InChI is InChI=1S/C10H8F3NO5.C8H7NO5/c1-18-9(15)7-3-2-6(4-8(7)14(16)17)19-5-10(11,12)13;1-14-8(11)6-3-2-5(10)4-7(6)9(12)13/h2-4H,5H2,1H3;2-4,10H,1H3. The maximum Gasteiger partial charge on any atom is 0.422 e. The maximum absolute atomic E-state index is 11.9. The van der Waals surface area contributed by atoms with Gasteiger partial charge >= 0.3 is 18.1 Å². The number of phenolic OH excluding ortho intramolecular Hbond substituents is 1. The van der Waals surface area contributed by atoms with Gasteiger partial charge in [0.2, 0.25) is 0 Å². The van der Waals surface area contributed by atoms with Crippen LogP contribution in [0.4, 0.5) is 24.5 Å². The molecule has 0 aliphatic rings. The van der Waals surface area contributed by atoms with E-state index in [0.29, 0.717) is 0 Å². The Balaban J connectivity index is 0.000000346. The van der Waals surface area contributed by atoms with Gasteiger partial charge < -0.3 is 19.3 Å². The molecule has 0 heterocycles. The Bertz CT molecular complexity index is 1060. The second kappa shape index (κ2) is 11.3. The summed E-state index contributed by atoms with van der Waals surface area (Å²) in [4.78, 5) is 41.8. The molecule has 2 aromatic carbocycles. The number of carbonyl (C=O) groups excluding carboxylic acids is 2. The number of phenols is 1. The Hall–Kier alpha value is -4.43. The highest BCUT2D eigenvalue weighted by Crippen LogP contribution is 2.27. The molecule has 0 fully saturated rings. The molecule has 0 aromatic heterocycles. The van der Waals surface area contributed by atoms with Crippen molar-refractivity contribution in [1.29, 1.82) is 0 Å². The number of aromatic hydroxyl groups is 1. The summed E-state index contributed by atoms with van der Waals surface area (Å²) in [5, 5.41) is 30.2. The lowest BCUT2D eigenvalue weighted by atomic mass is 10.1. The van der Waals surface area contributed by atoms with E-state index in [9.17, 15) is 43.0 Å². The first-order chi connectivity index (χ1) is 15.3. The van der Waals surface area contributed by atoms with E-state index in [-0.39, 0.29) is 22.6 Å². The summed E-state index contributed by atoms with van der Waals surface area (Å²) in [7, 11) is 2.15. The SMILES string of the molecule is COC(=O)c1ccc(O)cc1[N+](=O)[O-].COC(=O)c1ccc(OCC(F)(F)F)cc1[N+](=O)[O-]. The van der Waals surface area contributed by atoms with Crippen molar-refractivity contribution in [3.05, 3.63) is 67.8 Å². The lowest BCUT2D eigenvalue weighted by Crippen LogP contribution is -2.19. The molecule has 0 spiro atoms. The van der Waals surface area contributed by atoms with Crippen LogP contribution in [0.5, 0.6) is 11.5 Å². The molecule has 0 bridgehead atoms. The Morgan fingerprint density at radius 1 is 0.909 bits per heavy atom. The molecule has 33 heavy (non-hydrogen) atoms. The number of nitro groups is 2. The van der Waals surface area contributed by atoms with Crippen molar-refractivity contribution in [2.45, 2.75) is 6.18 Å². The number of hydrogen-bond acceptors (Lipinski definition) is 10. The smallest absolute Gasteiger partial charge is 0.422 e. The molecule has 0 radical (unpaired) electrons. The van der Waals surface area contributed by atoms with Crippen molar-refractivity contribution in [2.75, 3.05) is 20.8 Å². The highest BCUT2D eigenvalue weighted by molar-refractivity contribution is 5.94. The summed E-state index contributed by atoms with van der Waals surface area (Å²) in [6, 6.07) is 5.93. The second-order valence-corrected chi connectivity index (χ2v) is 5.78. The zero-order chi connectivity index (χ0) is 25.3. The third-order valence-corrected chi connectivity index (χ3v) is 3.56. The number of alkyl halides is 3. The van der Waals surface area contributed by atoms with Crippen molar-refractivity contribution >= 4 is 23.3 Å². The van der Waals surface area contributed by atoms with Crippen LogP contribution in [-0.4, -0.2) is 53.9 Å². The van der Waals surface area contributed by atoms with Gasteiger partial charge in [-0.15, -0.1) is 0 Å². The lowest BCUT2D eigenvalue weighted by Gasteiger charge is -2.09. The van der Waals surface area contributed by atoms with E-state index in [2.05, 4.69) is 14.2 Å². The molecule has 0 unspecified atom stereocenters. The third-order valence-electron chi connectivity index (χ3n) is 3.56. The fourth-order valence-electron chi connectivity index (χ4n) is 2.15. The van der Waals surface area contributed by atoms with Crippen LogP contribution in [0, 0.1) is 20.2 Å². The fraction of sp³-hybridized carbons (Fsp3) is 0.222. The molecule has 0 aliphatic heterocycles. The van der Waals surface area contributed by atoms with Gasteiger partial charge in [-0.1, -0.05) is 0 Å². The number of halogens is 3. The minimum absolute atomic E-state index is 0.185. The average molecular weight is 476 g/mol. The number of nitrogens with zero attached hydrogens (tertiary/aromatic N) is 2. The van der Waals surface area contributed by atoms with Gasteiger partial charge in [0.1, 0.15) is 22.6 Å². The van der Waals surface area contributed by atoms with E-state index in [4.69, 9.17) is 5.11 Å². The number of ether oxygens (including phenoxy) is 3. The van der Waals surface area contributed by atoms with Crippen molar-refractivity contribution < 1.29 is 51.9 Å². The van der Waals surface area contributed by atoms with Crippen LogP contribution in [0.2, 0.25) is 0 Å². The van der Waals surface area contributed by atoms with E-state index in [1.165, 1.54) is 6.07 Å². The summed E-state index contributed by atoms with van der Waals surface area (Å²) < 4.78 is 48.8. The predicted octanol–water partition coefficient (Wildman–Crippen LogP) is 3.41. The summed E-state index contributed by atoms with van der Waals surface area (Å²) in [5.41, 5.74) is -1.72. The van der Waals surface area contributed by atoms with Gasteiger partial charge in [0.15, 0.2) is 6.61 Å². The number of esters is 2. The first-order valence-corrected chi connectivity index (χ1v) is 8.42. The number of carbonyl (C=O) groups is 2. The molecular weight excluding hydrogens is 461 g/mol. The van der Waals surface area contributed by atoms with Crippen LogP contribution in [-0.2, 0) is 9.47 Å². The molecule has 0 saturated heterocycles. The topological polar surface area (TPSA) is 168 Å². The zero-order valence-corrected chi connectivity index (χ0v) is 16.8. The van der Waals surface area contributed by atoms with Gasteiger partial charge in [0.05, 0.1) is 36.2 Å². The monoisotopic (exact) mass is 476 g/mol. The van der Waals surface area contributed by atoms with Gasteiger partial charge in [-0.25, -0.2) is 9.59 Å². The summed E-state index contributed by atoms with van der Waals surface area (Å²) in [6.07, 6.45) is -4.56. The van der Waals surface area contributed by atoms with E-state index in [1.807, 2.05) is 0 Å². The first-order valence-electron chi connectivity index (χ1n) is 8.42. The molecule has 0 saturated carbocycles. The predicted molar refractivity (Wildman–Crippen MR) is 102 cm³/mol. The van der Waals surface area contributed by atoms with E-state index in [0.717, 1.165) is 44.6 Å². The highest BCUT2D eigenvalue weighted by Gasteiger charge is 2.29. The number of nitro benzene ring substituents is 2.